The van der Waals surface area contributed by atoms with Crippen molar-refractivity contribution >= 4 is 17.7 Å². The standard InChI is InChI=1S/C23H34N4O2S/c1-15(2)13-27-22(18-9-11-19(29-5)12-10-18)25-26-23(27)30-14-21(28)24-20-8-6-7-16(3)17(20)4/h9-12,15-17,20H,6-8,13-14H2,1-5H3,(H,24,28)/t16-,17+,20-/m0/s1. The number of benzene rings is 1. The number of nitrogens with zero attached hydrogens (tertiary/aromatic N) is 3. The zero-order valence-electron chi connectivity index (χ0n) is 18.7. The van der Waals surface area contributed by atoms with E-state index in [9.17, 15) is 4.79 Å². The highest BCUT2D eigenvalue weighted by molar-refractivity contribution is 7.99. The lowest BCUT2D eigenvalue weighted by Gasteiger charge is -2.34. The Hall–Kier alpha value is -2.02. The first-order chi connectivity index (χ1) is 14.4. The van der Waals surface area contributed by atoms with Crippen LogP contribution in [0.1, 0.15) is 47.0 Å². The molecule has 0 spiro atoms. The van der Waals surface area contributed by atoms with Crippen LogP contribution in [0.3, 0.4) is 0 Å². The van der Waals surface area contributed by atoms with Crippen LogP contribution in [0.4, 0.5) is 0 Å². The minimum Gasteiger partial charge on any atom is -0.497 e. The van der Waals surface area contributed by atoms with Crippen LogP contribution in [-0.2, 0) is 11.3 Å². The Kier molecular flexibility index (Phi) is 7.81. The number of rotatable bonds is 8. The first-order valence-corrected chi connectivity index (χ1v) is 11.9. The van der Waals surface area contributed by atoms with Crippen LogP contribution in [-0.4, -0.2) is 39.6 Å². The Morgan fingerprint density at radius 3 is 2.63 bits per heavy atom. The molecule has 2 aromatic rings. The van der Waals surface area contributed by atoms with Crippen LogP contribution in [0.2, 0.25) is 0 Å². The van der Waals surface area contributed by atoms with Gasteiger partial charge in [-0.05, 0) is 48.4 Å². The van der Waals surface area contributed by atoms with Crippen molar-refractivity contribution in [3.05, 3.63) is 24.3 Å². The number of amides is 1. The predicted molar refractivity (Wildman–Crippen MR) is 122 cm³/mol. The summed E-state index contributed by atoms with van der Waals surface area (Å²) in [4.78, 5) is 12.6. The molecule has 1 aromatic carbocycles. The van der Waals surface area contributed by atoms with Gasteiger partial charge in [0.15, 0.2) is 11.0 Å². The molecule has 1 heterocycles. The van der Waals surface area contributed by atoms with Crippen molar-refractivity contribution in [1.29, 1.82) is 0 Å². The smallest absolute Gasteiger partial charge is 0.230 e. The van der Waals surface area contributed by atoms with Gasteiger partial charge in [0.1, 0.15) is 5.75 Å². The Labute approximate surface area is 184 Å². The third-order valence-corrected chi connectivity index (χ3v) is 6.97. The summed E-state index contributed by atoms with van der Waals surface area (Å²) in [5.41, 5.74) is 0.991. The van der Waals surface area contributed by atoms with Crippen molar-refractivity contribution < 1.29 is 9.53 Å². The SMILES string of the molecule is COc1ccc(-c2nnc(SCC(=O)N[C@H]3CCC[C@H](C)[C@H]3C)n2CC(C)C)cc1. The third kappa shape index (κ3) is 5.56. The monoisotopic (exact) mass is 430 g/mol. The molecule has 6 nitrogen and oxygen atoms in total. The molecule has 7 heteroatoms. The largest absolute Gasteiger partial charge is 0.497 e. The first-order valence-electron chi connectivity index (χ1n) is 10.9. The second-order valence-electron chi connectivity index (χ2n) is 8.77. The fraction of sp³-hybridized carbons (Fsp3) is 0.609. The Balaban J connectivity index is 1.69. The Bertz CT molecular complexity index is 834. The number of nitrogens with one attached hydrogen (secondary N) is 1. The van der Waals surface area contributed by atoms with E-state index in [1.165, 1.54) is 24.6 Å². The summed E-state index contributed by atoms with van der Waals surface area (Å²) in [6, 6.07) is 8.12. The summed E-state index contributed by atoms with van der Waals surface area (Å²) >= 11 is 1.46. The molecule has 0 radical (unpaired) electrons. The molecule has 30 heavy (non-hydrogen) atoms. The molecule has 1 saturated carbocycles. The summed E-state index contributed by atoms with van der Waals surface area (Å²) in [6.45, 7) is 9.68. The van der Waals surface area contributed by atoms with Crippen molar-refractivity contribution in [3.63, 3.8) is 0 Å². The minimum atomic E-state index is 0.0797. The lowest BCUT2D eigenvalue weighted by atomic mass is 9.78. The number of ether oxygens (including phenoxy) is 1. The van der Waals surface area contributed by atoms with Crippen molar-refractivity contribution in [2.24, 2.45) is 17.8 Å². The van der Waals surface area contributed by atoms with E-state index in [0.29, 0.717) is 23.5 Å². The van der Waals surface area contributed by atoms with Crippen LogP contribution < -0.4 is 10.1 Å². The van der Waals surface area contributed by atoms with Gasteiger partial charge in [0.25, 0.3) is 0 Å². The highest BCUT2D eigenvalue weighted by Gasteiger charge is 2.28. The van der Waals surface area contributed by atoms with E-state index >= 15 is 0 Å². The quantitative estimate of drug-likeness (QED) is 0.618. The molecule has 3 atom stereocenters. The number of methoxy groups -OCH3 is 1. The molecule has 3 rings (SSSR count). The molecule has 1 fully saturated rings. The number of hydrogen-bond acceptors (Lipinski definition) is 5. The van der Waals surface area contributed by atoms with Crippen LogP contribution in [0.5, 0.6) is 5.75 Å². The van der Waals surface area contributed by atoms with E-state index in [2.05, 4.69) is 47.8 Å². The fourth-order valence-corrected chi connectivity index (χ4v) is 4.80. The van der Waals surface area contributed by atoms with Gasteiger partial charge in [-0.1, -0.05) is 52.3 Å². The first kappa shape index (κ1) is 22.7. The minimum absolute atomic E-state index is 0.0797. The topological polar surface area (TPSA) is 69.0 Å². The van der Waals surface area contributed by atoms with Crippen LogP contribution >= 0.6 is 11.8 Å². The molecule has 0 bridgehead atoms. The lowest BCUT2D eigenvalue weighted by Crippen LogP contribution is -2.44. The van der Waals surface area contributed by atoms with E-state index in [-0.39, 0.29) is 11.9 Å². The molecular formula is C23H34N4O2S. The summed E-state index contributed by atoms with van der Waals surface area (Å²) in [7, 11) is 1.66. The maximum absolute atomic E-state index is 12.6. The zero-order valence-corrected chi connectivity index (χ0v) is 19.5. The van der Waals surface area contributed by atoms with Gasteiger partial charge in [-0.2, -0.15) is 0 Å². The highest BCUT2D eigenvalue weighted by Crippen LogP contribution is 2.30. The maximum atomic E-state index is 12.6. The van der Waals surface area contributed by atoms with Crippen LogP contribution in [0, 0.1) is 17.8 Å². The molecule has 0 aliphatic heterocycles. The number of carbonyl (C=O) groups is 1. The number of carbonyl (C=O) groups excluding carboxylic acids is 1. The summed E-state index contributed by atoms with van der Waals surface area (Å²) in [6.07, 6.45) is 3.53. The van der Waals surface area contributed by atoms with E-state index in [1.54, 1.807) is 7.11 Å². The van der Waals surface area contributed by atoms with Crippen molar-refractivity contribution in [2.45, 2.75) is 64.7 Å². The average Bonchev–Trinajstić information content (AvgIpc) is 3.11. The van der Waals surface area contributed by atoms with Gasteiger partial charge < -0.3 is 14.6 Å². The van der Waals surface area contributed by atoms with Crippen molar-refractivity contribution in [2.75, 3.05) is 12.9 Å². The van der Waals surface area contributed by atoms with Gasteiger partial charge in [-0.3, -0.25) is 4.79 Å². The Morgan fingerprint density at radius 2 is 1.97 bits per heavy atom. The van der Waals surface area contributed by atoms with E-state index in [0.717, 1.165) is 35.3 Å². The molecule has 1 aromatic heterocycles. The van der Waals surface area contributed by atoms with Crippen LogP contribution in [0.15, 0.2) is 29.4 Å². The van der Waals surface area contributed by atoms with Gasteiger partial charge in [0.05, 0.1) is 12.9 Å². The van der Waals surface area contributed by atoms with E-state index < -0.39 is 0 Å². The average molecular weight is 431 g/mol. The van der Waals surface area contributed by atoms with Gasteiger partial charge >= 0.3 is 0 Å². The third-order valence-electron chi connectivity index (χ3n) is 6.00. The van der Waals surface area contributed by atoms with Gasteiger partial charge in [-0.15, -0.1) is 10.2 Å². The number of aromatic nitrogens is 3. The Morgan fingerprint density at radius 1 is 1.23 bits per heavy atom. The normalized spacial score (nSPS) is 21.6. The molecule has 1 N–H and O–H groups in total. The van der Waals surface area contributed by atoms with Gasteiger partial charge in [0, 0.05) is 18.2 Å². The fourth-order valence-electron chi connectivity index (χ4n) is 4.04. The van der Waals surface area contributed by atoms with Crippen LogP contribution in [0.25, 0.3) is 11.4 Å². The van der Waals surface area contributed by atoms with E-state index in [4.69, 9.17) is 4.74 Å². The highest BCUT2D eigenvalue weighted by atomic mass is 32.2. The van der Waals surface area contributed by atoms with Crippen molar-refractivity contribution in [3.8, 4) is 17.1 Å². The molecular weight excluding hydrogens is 396 g/mol. The predicted octanol–water partition coefficient (Wildman–Crippen LogP) is 4.64. The van der Waals surface area contributed by atoms with Gasteiger partial charge in [-0.25, -0.2) is 0 Å². The second-order valence-corrected chi connectivity index (χ2v) is 9.71. The molecule has 164 valence electrons. The molecule has 0 saturated heterocycles. The summed E-state index contributed by atoms with van der Waals surface area (Å²) in [5, 5.41) is 12.9. The van der Waals surface area contributed by atoms with Crippen molar-refractivity contribution in [1.82, 2.24) is 20.1 Å². The summed E-state index contributed by atoms with van der Waals surface area (Å²) < 4.78 is 7.38. The lowest BCUT2D eigenvalue weighted by molar-refractivity contribution is -0.120. The zero-order chi connectivity index (χ0) is 21.7. The molecule has 1 amide bonds. The molecule has 1 aliphatic carbocycles. The number of thioether (sulfide) groups is 1. The molecule has 0 unspecified atom stereocenters. The second kappa shape index (κ2) is 10.3. The van der Waals surface area contributed by atoms with Gasteiger partial charge in [0.2, 0.25) is 5.91 Å². The molecule has 1 aliphatic rings. The number of hydrogen-bond donors (Lipinski definition) is 1. The summed E-state index contributed by atoms with van der Waals surface area (Å²) in [5.74, 6) is 3.70. The van der Waals surface area contributed by atoms with E-state index in [1.807, 2.05) is 24.3 Å². The maximum Gasteiger partial charge on any atom is 0.230 e.